The highest BCUT2D eigenvalue weighted by Gasteiger charge is 2.06. The third-order valence-corrected chi connectivity index (χ3v) is 2.61. The van der Waals surface area contributed by atoms with Gasteiger partial charge in [-0.3, -0.25) is 9.36 Å². The van der Waals surface area contributed by atoms with E-state index in [4.69, 9.17) is 11.5 Å². The van der Waals surface area contributed by atoms with Crippen LogP contribution in [-0.2, 0) is 11.3 Å². The first-order valence-electron chi connectivity index (χ1n) is 5.40. The van der Waals surface area contributed by atoms with Gasteiger partial charge in [0, 0.05) is 5.39 Å². The summed E-state index contributed by atoms with van der Waals surface area (Å²) in [6.45, 7) is 0.191. The summed E-state index contributed by atoms with van der Waals surface area (Å²) in [6.07, 6.45) is -0.873. The highest BCUT2D eigenvalue weighted by atomic mass is 16.5. The molecule has 0 aliphatic heterocycles. The molecule has 6 heteroatoms. The van der Waals surface area contributed by atoms with Crippen molar-refractivity contribution in [1.29, 1.82) is 0 Å². The molecular formula is C12H13N3O3. The van der Waals surface area contributed by atoms with Gasteiger partial charge >= 0.3 is 6.09 Å². The number of pyridine rings is 1. The third-order valence-electron chi connectivity index (χ3n) is 2.61. The number of nitrogens with two attached hydrogens (primary N) is 2. The Kier molecular flexibility index (Phi) is 3.18. The Hall–Kier alpha value is -2.50. The molecule has 0 bridgehead atoms. The minimum absolute atomic E-state index is 0.0117. The van der Waals surface area contributed by atoms with E-state index in [2.05, 4.69) is 4.74 Å². The van der Waals surface area contributed by atoms with Crippen LogP contribution in [0.3, 0.4) is 0 Å². The number of nitrogen functional groups attached to an aromatic ring is 1. The van der Waals surface area contributed by atoms with Crippen LogP contribution < -0.4 is 17.0 Å². The summed E-state index contributed by atoms with van der Waals surface area (Å²) in [4.78, 5) is 22.6. The Morgan fingerprint density at radius 2 is 2.06 bits per heavy atom. The molecule has 94 valence electrons. The van der Waals surface area contributed by atoms with E-state index in [9.17, 15) is 9.59 Å². The monoisotopic (exact) mass is 247 g/mol. The fraction of sp³-hybridized carbons (Fsp3) is 0.167. The predicted octanol–water partition coefficient (Wildman–Crippen LogP) is 0.679. The average Bonchev–Trinajstić information content (AvgIpc) is 2.33. The number of nitrogens with zero attached hydrogens (tertiary/aromatic N) is 1. The molecule has 0 aliphatic carbocycles. The maximum atomic E-state index is 12.1. The van der Waals surface area contributed by atoms with Crippen molar-refractivity contribution < 1.29 is 9.53 Å². The zero-order chi connectivity index (χ0) is 13.1. The van der Waals surface area contributed by atoms with Gasteiger partial charge in [0.25, 0.3) is 5.56 Å². The van der Waals surface area contributed by atoms with Crippen molar-refractivity contribution in [2.45, 2.75) is 6.54 Å². The molecule has 0 fully saturated rings. The van der Waals surface area contributed by atoms with Crippen LogP contribution in [-0.4, -0.2) is 17.3 Å². The summed E-state index contributed by atoms with van der Waals surface area (Å²) < 4.78 is 5.94. The second kappa shape index (κ2) is 4.79. The lowest BCUT2D eigenvalue weighted by Crippen LogP contribution is -2.26. The molecule has 2 rings (SSSR count). The number of carbonyl (C=O) groups is 1. The molecule has 6 nitrogen and oxygen atoms in total. The second-order valence-corrected chi connectivity index (χ2v) is 3.78. The third kappa shape index (κ3) is 2.27. The van der Waals surface area contributed by atoms with E-state index in [1.165, 1.54) is 4.57 Å². The number of amides is 1. The summed E-state index contributed by atoms with van der Waals surface area (Å²) in [5.74, 6) is 0.326. The lowest BCUT2D eigenvalue weighted by atomic mass is 10.1. The SMILES string of the molecule is NC(=O)OCCn1c(N)cc2ccccc2c1=O. The molecule has 0 saturated carbocycles. The van der Waals surface area contributed by atoms with Gasteiger partial charge in [-0.25, -0.2) is 4.79 Å². The number of fused-ring (bicyclic) bond motifs is 1. The lowest BCUT2D eigenvalue weighted by Gasteiger charge is -2.10. The van der Waals surface area contributed by atoms with Gasteiger partial charge in [-0.05, 0) is 17.5 Å². The Balaban J connectivity index is 2.38. The quantitative estimate of drug-likeness (QED) is 0.832. The van der Waals surface area contributed by atoms with Gasteiger partial charge in [0.1, 0.15) is 12.4 Å². The largest absolute Gasteiger partial charge is 0.448 e. The number of primary amides is 1. The average molecular weight is 247 g/mol. The summed E-state index contributed by atoms with van der Waals surface area (Å²) in [6, 6.07) is 8.87. The first-order chi connectivity index (χ1) is 8.59. The molecule has 1 amide bonds. The van der Waals surface area contributed by atoms with Crippen molar-refractivity contribution in [3.8, 4) is 0 Å². The number of hydrogen-bond donors (Lipinski definition) is 2. The van der Waals surface area contributed by atoms with Crippen LogP contribution in [0.2, 0.25) is 0 Å². The summed E-state index contributed by atoms with van der Waals surface area (Å²) >= 11 is 0. The summed E-state index contributed by atoms with van der Waals surface area (Å²) in [7, 11) is 0. The molecule has 0 radical (unpaired) electrons. The van der Waals surface area contributed by atoms with Crippen molar-refractivity contribution in [2.24, 2.45) is 5.73 Å². The molecular weight excluding hydrogens is 234 g/mol. The van der Waals surface area contributed by atoms with E-state index in [0.717, 1.165) is 5.39 Å². The Labute approximate surface area is 103 Å². The summed E-state index contributed by atoms with van der Waals surface area (Å²) in [5.41, 5.74) is 10.4. The Morgan fingerprint density at radius 1 is 1.33 bits per heavy atom. The second-order valence-electron chi connectivity index (χ2n) is 3.78. The van der Waals surface area contributed by atoms with Crippen LogP contribution in [0.5, 0.6) is 0 Å². The number of anilines is 1. The van der Waals surface area contributed by atoms with E-state index < -0.39 is 6.09 Å². The highest BCUT2D eigenvalue weighted by Crippen LogP contribution is 2.12. The van der Waals surface area contributed by atoms with Crippen LogP contribution in [0.1, 0.15) is 0 Å². The molecule has 18 heavy (non-hydrogen) atoms. The molecule has 0 aliphatic rings. The minimum Gasteiger partial charge on any atom is -0.448 e. The number of rotatable bonds is 3. The van der Waals surface area contributed by atoms with Gasteiger partial charge < -0.3 is 16.2 Å². The molecule has 4 N–H and O–H groups in total. The molecule has 1 aromatic carbocycles. The molecule has 0 unspecified atom stereocenters. The fourth-order valence-electron chi connectivity index (χ4n) is 1.79. The number of ether oxygens (including phenoxy) is 1. The zero-order valence-electron chi connectivity index (χ0n) is 9.63. The van der Waals surface area contributed by atoms with Crippen molar-refractivity contribution in [2.75, 3.05) is 12.3 Å². The van der Waals surface area contributed by atoms with Crippen molar-refractivity contribution in [1.82, 2.24) is 4.57 Å². The smallest absolute Gasteiger partial charge is 0.404 e. The standard InChI is InChI=1S/C12H13N3O3/c13-10-7-8-3-1-2-4-9(8)11(16)15(10)5-6-18-12(14)17/h1-4,7H,5-6,13H2,(H2,14,17). The van der Waals surface area contributed by atoms with E-state index in [-0.39, 0.29) is 18.7 Å². The van der Waals surface area contributed by atoms with Crippen LogP contribution in [0, 0.1) is 0 Å². The van der Waals surface area contributed by atoms with E-state index >= 15 is 0 Å². The maximum absolute atomic E-state index is 12.1. The Morgan fingerprint density at radius 3 is 2.78 bits per heavy atom. The summed E-state index contributed by atoms with van der Waals surface area (Å²) in [5, 5.41) is 1.36. The topological polar surface area (TPSA) is 100 Å². The lowest BCUT2D eigenvalue weighted by molar-refractivity contribution is 0.152. The normalized spacial score (nSPS) is 10.4. The first-order valence-corrected chi connectivity index (χ1v) is 5.40. The fourth-order valence-corrected chi connectivity index (χ4v) is 1.79. The van der Waals surface area contributed by atoms with Gasteiger partial charge in [-0.1, -0.05) is 18.2 Å². The van der Waals surface area contributed by atoms with Crippen molar-refractivity contribution >= 4 is 22.7 Å². The predicted molar refractivity (Wildman–Crippen MR) is 68.2 cm³/mol. The number of benzene rings is 1. The molecule has 1 aromatic heterocycles. The Bertz CT molecular complexity index is 649. The van der Waals surface area contributed by atoms with Gasteiger partial charge in [0.15, 0.2) is 0 Å². The number of carbonyl (C=O) groups excluding carboxylic acids is 1. The first kappa shape index (κ1) is 12.0. The van der Waals surface area contributed by atoms with E-state index in [0.29, 0.717) is 11.2 Å². The van der Waals surface area contributed by atoms with E-state index in [1.807, 2.05) is 12.1 Å². The van der Waals surface area contributed by atoms with Gasteiger partial charge in [0.2, 0.25) is 0 Å². The van der Waals surface area contributed by atoms with Crippen molar-refractivity contribution in [3.63, 3.8) is 0 Å². The van der Waals surface area contributed by atoms with Gasteiger partial charge in [0.05, 0.1) is 6.54 Å². The van der Waals surface area contributed by atoms with Crippen molar-refractivity contribution in [3.05, 3.63) is 40.7 Å². The number of hydrogen-bond acceptors (Lipinski definition) is 4. The van der Waals surface area contributed by atoms with Gasteiger partial charge in [-0.2, -0.15) is 0 Å². The zero-order valence-corrected chi connectivity index (χ0v) is 9.63. The molecule has 2 aromatic rings. The highest BCUT2D eigenvalue weighted by molar-refractivity contribution is 5.83. The molecule has 1 heterocycles. The molecule has 0 atom stereocenters. The van der Waals surface area contributed by atoms with Crippen LogP contribution in [0.4, 0.5) is 10.6 Å². The maximum Gasteiger partial charge on any atom is 0.404 e. The van der Waals surface area contributed by atoms with Gasteiger partial charge in [-0.15, -0.1) is 0 Å². The van der Waals surface area contributed by atoms with Crippen LogP contribution >= 0.6 is 0 Å². The van der Waals surface area contributed by atoms with Crippen LogP contribution in [0.25, 0.3) is 10.8 Å². The molecule has 0 saturated heterocycles. The van der Waals surface area contributed by atoms with E-state index in [1.54, 1.807) is 18.2 Å². The van der Waals surface area contributed by atoms with Crippen LogP contribution in [0.15, 0.2) is 35.1 Å². The number of aromatic nitrogens is 1. The molecule has 0 spiro atoms. The minimum atomic E-state index is -0.873.